The molecular weight excluding hydrogens is 202 g/mol. The number of fused-ring (bicyclic) bond motifs is 1. The molecule has 1 aliphatic carbocycles. The van der Waals surface area contributed by atoms with E-state index in [0.717, 1.165) is 37.1 Å². The Morgan fingerprint density at radius 3 is 3.06 bits per heavy atom. The molecule has 5 heteroatoms. The van der Waals surface area contributed by atoms with Crippen molar-refractivity contribution in [3.8, 4) is 0 Å². The van der Waals surface area contributed by atoms with Crippen LogP contribution in [-0.4, -0.2) is 25.1 Å². The van der Waals surface area contributed by atoms with Crippen molar-refractivity contribution in [2.45, 2.75) is 38.1 Å². The zero-order valence-electron chi connectivity index (χ0n) is 9.35. The van der Waals surface area contributed by atoms with Crippen LogP contribution in [0.25, 0.3) is 5.78 Å². The monoisotopic (exact) mass is 217 g/mol. The van der Waals surface area contributed by atoms with Crippen molar-refractivity contribution in [1.82, 2.24) is 19.6 Å². The molecule has 0 aromatic carbocycles. The summed E-state index contributed by atoms with van der Waals surface area (Å²) in [6.45, 7) is 1.99. The van der Waals surface area contributed by atoms with Crippen molar-refractivity contribution in [1.29, 1.82) is 0 Å². The maximum Gasteiger partial charge on any atom is 0.252 e. The van der Waals surface area contributed by atoms with E-state index in [-0.39, 0.29) is 5.54 Å². The van der Waals surface area contributed by atoms with Gasteiger partial charge in [-0.15, -0.1) is 5.10 Å². The lowest BCUT2D eigenvalue weighted by Gasteiger charge is -2.04. The number of nitrogens with two attached hydrogens (primary N) is 1. The topological polar surface area (TPSA) is 69.1 Å². The zero-order valence-corrected chi connectivity index (χ0v) is 9.35. The van der Waals surface area contributed by atoms with Crippen LogP contribution in [0.1, 0.15) is 30.7 Å². The van der Waals surface area contributed by atoms with Crippen LogP contribution in [0.3, 0.4) is 0 Å². The van der Waals surface area contributed by atoms with Crippen molar-refractivity contribution in [3.05, 3.63) is 23.8 Å². The minimum absolute atomic E-state index is 0.0703. The van der Waals surface area contributed by atoms with Gasteiger partial charge in [-0.05, 0) is 31.7 Å². The van der Waals surface area contributed by atoms with Gasteiger partial charge in [0.2, 0.25) is 0 Å². The molecule has 1 fully saturated rings. The Morgan fingerprint density at radius 2 is 2.31 bits per heavy atom. The van der Waals surface area contributed by atoms with E-state index in [0.29, 0.717) is 5.78 Å². The van der Waals surface area contributed by atoms with Crippen LogP contribution in [0.2, 0.25) is 0 Å². The third kappa shape index (κ3) is 1.78. The highest BCUT2D eigenvalue weighted by Gasteiger charge is 2.37. The molecule has 2 aromatic rings. The largest absolute Gasteiger partial charge is 0.325 e. The lowest BCUT2D eigenvalue weighted by molar-refractivity contribution is 0.595. The van der Waals surface area contributed by atoms with Gasteiger partial charge in [-0.2, -0.15) is 4.98 Å². The average molecular weight is 217 g/mol. The van der Waals surface area contributed by atoms with Gasteiger partial charge in [0.05, 0.1) is 0 Å². The summed E-state index contributed by atoms with van der Waals surface area (Å²) in [6.07, 6.45) is 7.84. The molecule has 1 aliphatic rings. The summed E-state index contributed by atoms with van der Waals surface area (Å²) in [5, 5.41) is 4.39. The zero-order chi connectivity index (χ0) is 11.2. The van der Waals surface area contributed by atoms with E-state index >= 15 is 0 Å². The first-order valence-electron chi connectivity index (χ1n) is 5.61. The Labute approximate surface area is 93.7 Å². The molecule has 1 saturated carbocycles. The first kappa shape index (κ1) is 9.72. The Morgan fingerprint density at radius 1 is 1.50 bits per heavy atom. The number of aryl methyl sites for hydroxylation is 2. The second-order valence-corrected chi connectivity index (χ2v) is 4.77. The maximum absolute atomic E-state index is 6.03. The van der Waals surface area contributed by atoms with E-state index in [9.17, 15) is 0 Å². The minimum atomic E-state index is 0.0703. The van der Waals surface area contributed by atoms with Gasteiger partial charge in [0.25, 0.3) is 5.78 Å². The van der Waals surface area contributed by atoms with Gasteiger partial charge in [-0.3, -0.25) is 0 Å². The highest BCUT2D eigenvalue weighted by molar-refractivity contribution is 5.27. The molecule has 0 radical (unpaired) electrons. The lowest BCUT2D eigenvalue weighted by Crippen LogP contribution is -2.22. The van der Waals surface area contributed by atoms with Crippen LogP contribution in [0.15, 0.2) is 12.4 Å². The molecule has 0 saturated heterocycles. The van der Waals surface area contributed by atoms with Crippen molar-refractivity contribution < 1.29 is 0 Å². The standard InChI is InChI=1S/C11H15N5/c1-8-6-13-10-14-9(15-16(10)7-8)2-3-11(12)4-5-11/h6-7H,2-5,12H2,1H3. The highest BCUT2D eigenvalue weighted by atomic mass is 15.3. The number of aromatic nitrogens is 4. The fraction of sp³-hybridized carbons (Fsp3) is 0.545. The van der Waals surface area contributed by atoms with Crippen molar-refractivity contribution >= 4 is 5.78 Å². The smallest absolute Gasteiger partial charge is 0.252 e. The second-order valence-electron chi connectivity index (χ2n) is 4.77. The van der Waals surface area contributed by atoms with Crippen molar-refractivity contribution in [2.75, 3.05) is 0 Å². The third-order valence-electron chi connectivity index (χ3n) is 3.11. The van der Waals surface area contributed by atoms with Crippen LogP contribution in [-0.2, 0) is 6.42 Å². The van der Waals surface area contributed by atoms with Crippen LogP contribution < -0.4 is 5.73 Å². The first-order chi connectivity index (χ1) is 7.65. The Bertz CT molecular complexity index is 526. The summed E-state index contributed by atoms with van der Waals surface area (Å²) in [5.41, 5.74) is 7.19. The first-order valence-corrected chi connectivity index (χ1v) is 5.61. The maximum atomic E-state index is 6.03. The van der Waals surface area contributed by atoms with Gasteiger partial charge in [0.1, 0.15) is 0 Å². The van der Waals surface area contributed by atoms with Crippen LogP contribution in [0, 0.1) is 6.92 Å². The molecule has 3 rings (SSSR count). The number of rotatable bonds is 3. The van der Waals surface area contributed by atoms with Crippen molar-refractivity contribution in [3.63, 3.8) is 0 Å². The number of hydrogen-bond donors (Lipinski definition) is 1. The third-order valence-corrected chi connectivity index (χ3v) is 3.11. The van der Waals surface area contributed by atoms with Gasteiger partial charge >= 0.3 is 0 Å². The normalized spacial score (nSPS) is 17.9. The van der Waals surface area contributed by atoms with E-state index in [4.69, 9.17) is 5.73 Å². The molecule has 0 atom stereocenters. The summed E-state index contributed by atoms with van der Waals surface area (Å²) in [4.78, 5) is 8.59. The summed E-state index contributed by atoms with van der Waals surface area (Å²) >= 11 is 0. The SMILES string of the molecule is Cc1cnc2nc(CCC3(N)CC3)nn2c1. The molecular formula is C11H15N5. The Hall–Kier alpha value is -1.49. The van der Waals surface area contributed by atoms with Gasteiger partial charge in [-0.25, -0.2) is 9.50 Å². The summed E-state index contributed by atoms with van der Waals surface area (Å²) in [6, 6.07) is 0. The summed E-state index contributed by atoms with van der Waals surface area (Å²) in [7, 11) is 0. The fourth-order valence-corrected chi connectivity index (χ4v) is 1.80. The molecule has 0 bridgehead atoms. The molecule has 16 heavy (non-hydrogen) atoms. The Kier molecular flexibility index (Phi) is 1.97. The quantitative estimate of drug-likeness (QED) is 0.827. The summed E-state index contributed by atoms with van der Waals surface area (Å²) < 4.78 is 1.74. The van der Waals surface area contributed by atoms with Gasteiger partial charge in [-0.1, -0.05) is 0 Å². The van der Waals surface area contributed by atoms with E-state index < -0.39 is 0 Å². The minimum Gasteiger partial charge on any atom is -0.325 e. The molecule has 0 spiro atoms. The fourth-order valence-electron chi connectivity index (χ4n) is 1.80. The molecule has 2 heterocycles. The molecule has 84 valence electrons. The Balaban J connectivity index is 1.82. The summed E-state index contributed by atoms with van der Waals surface area (Å²) in [5.74, 6) is 1.51. The van der Waals surface area contributed by atoms with Gasteiger partial charge < -0.3 is 5.73 Å². The molecule has 0 amide bonds. The predicted molar refractivity (Wildman–Crippen MR) is 60.0 cm³/mol. The predicted octanol–water partition coefficient (Wildman–Crippen LogP) is 0.857. The average Bonchev–Trinajstić information content (AvgIpc) is 2.85. The number of nitrogens with zero attached hydrogens (tertiary/aromatic N) is 4. The van der Waals surface area contributed by atoms with Crippen molar-refractivity contribution in [2.24, 2.45) is 5.73 Å². The van der Waals surface area contributed by atoms with E-state index in [2.05, 4.69) is 15.1 Å². The molecule has 2 aromatic heterocycles. The second kappa shape index (κ2) is 3.25. The van der Waals surface area contributed by atoms with Crippen LogP contribution >= 0.6 is 0 Å². The van der Waals surface area contributed by atoms with Gasteiger partial charge in [0.15, 0.2) is 5.82 Å². The molecule has 0 aliphatic heterocycles. The highest BCUT2D eigenvalue weighted by Crippen LogP contribution is 2.36. The van der Waals surface area contributed by atoms with E-state index in [1.807, 2.05) is 13.1 Å². The molecule has 0 unspecified atom stereocenters. The lowest BCUT2D eigenvalue weighted by atomic mass is 10.1. The molecule has 2 N–H and O–H groups in total. The van der Waals surface area contributed by atoms with Gasteiger partial charge in [0, 0.05) is 24.4 Å². The van der Waals surface area contributed by atoms with E-state index in [1.54, 1.807) is 10.7 Å². The van der Waals surface area contributed by atoms with E-state index in [1.165, 1.54) is 0 Å². The van der Waals surface area contributed by atoms with Crippen LogP contribution in [0.5, 0.6) is 0 Å². The van der Waals surface area contributed by atoms with Crippen LogP contribution in [0.4, 0.5) is 0 Å². The number of hydrogen-bond acceptors (Lipinski definition) is 4. The molecule has 5 nitrogen and oxygen atoms in total.